The van der Waals surface area contributed by atoms with Gasteiger partial charge < -0.3 is 9.84 Å². The van der Waals surface area contributed by atoms with Crippen LogP contribution >= 0.6 is 15.9 Å². The van der Waals surface area contributed by atoms with Crippen LogP contribution in [0.1, 0.15) is 13.8 Å². The Kier molecular flexibility index (Phi) is 7.86. The molecule has 3 rings (SSSR count). The van der Waals surface area contributed by atoms with Crippen LogP contribution in [0.25, 0.3) is 0 Å². The Morgan fingerprint density at radius 2 is 1.91 bits per heavy atom. The number of aliphatic hydroxyl groups excluding tert-OH is 1. The highest BCUT2D eigenvalue weighted by molar-refractivity contribution is 9.10. The molecule has 2 aromatic carbocycles. The molecule has 3 atom stereocenters. The molecule has 1 N–H and O–H groups in total. The normalized spacial score (nSPS) is 22.2. The fraction of sp³-hybridized carbons (Fsp3) is 0.429. The summed E-state index contributed by atoms with van der Waals surface area (Å²) in [5.41, 5.74) is 0. The number of hydrogen-bond acceptors (Lipinski definition) is 6. The van der Waals surface area contributed by atoms with E-state index in [0.717, 1.165) is 16.4 Å². The lowest BCUT2D eigenvalue weighted by atomic mass is 10.0. The largest absolute Gasteiger partial charge is 0.487 e. The first kappa shape index (κ1) is 26.0. The zero-order valence-corrected chi connectivity index (χ0v) is 21.6. The van der Waals surface area contributed by atoms with Crippen LogP contribution in [-0.4, -0.2) is 69.4 Å². The van der Waals surface area contributed by atoms with Gasteiger partial charge in [0.2, 0.25) is 20.0 Å². The van der Waals surface area contributed by atoms with Crippen molar-refractivity contribution in [1.29, 1.82) is 0 Å². The van der Waals surface area contributed by atoms with Gasteiger partial charge in [0.05, 0.1) is 18.0 Å². The van der Waals surface area contributed by atoms with Crippen molar-refractivity contribution < 1.29 is 31.1 Å². The molecule has 0 fully saturated rings. The Labute approximate surface area is 202 Å². The lowest BCUT2D eigenvalue weighted by Gasteiger charge is -2.37. The minimum absolute atomic E-state index is 0.0225. The van der Waals surface area contributed by atoms with Crippen molar-refractivity contribution in [2.75, 3.05) is 26.7 Å². The number of aliphatic hydroxyl groups is 1. The van der Waals surface area contributed by atoms with Crippen LogP contribution in [0.3, 0.4) is 0 Å². The molecule has 0 aromatic heterocycles. The van der Waals surface area contributed by atoms with Crippen LogP contribution in [0, 0.1) is 11.7 Å². The van der Waals surface area contributed by atoms with Gasteiger partial charge in [-0.15, -0.1) is 0 Å². The van der Waals surface area contributed by atoms with Crippen LogP contribution in [-0.2, 0) is 20.0 Å². The second-order valence-corrected chi connectivity index (χ2v) is 12.9. The number of likely N-dealkylation sites (N-methyl/N-ethyl adjacent to an activating group) is 1. The maximum atomic E-state index is 13.3. The van der Waals surface area contributed by atoms with E-state index >= 15 is 0 Å². The summed E-state index contributed by atoms with van der Waals surface area (Å²) in [6, 6.07) is 8.35. The van der Waals surface area contributed by atoms with E-state index in [-0.39, 0.29) is 35.2 Å². The highest BCUT2D eigenvalue weighted by Crippen LogP contribution is 2.35. The SMILES string of the molecule is C[C@@H]1CN([C@@H](C)CO)S(=O)(=O)c2ccc(Br)cc2O[C@H]1CN(C)S(=O)(=O)c1ccc(F)cc1. The van der Waals surface area contributed by atoms with Gasteiger partial charge in [-0.05, 0) is 49.4 Å². The van der Waals surface area contributed by atoms with Gasteiger partial charge in [-0.1, -0.05) is 22.9 Å². The van der Waals surface area contributed by atoms with E-state index in [2.05, 4.69) is 15.9 Å². The summed E-state index contributed by atoms with van der Waals surface area (Å²) in [6.45, 7) is 2.94. The number of nitrogens with zero attached hydrogens (tertiary/aromatic N) is 2. The van der Waals surface area contributed by atoms with Crippen molar-refractivity contribution >= 4 is 36.0 Å². The number of hydrogen-bond donors (Lipinski definition) is 1. The molecule has 1 aliphatic heterocycles. The van der Waals surface area contributed by atoms with Crippen LogP contribution in [0.2, 0.25) is 0 Å². The molecule has 0 aliphatic carbocycles. The van der Waals surface area contributed by atoms with Crippen molar-refractivity contribution in [3.8, 4) is 5.75 Å². The molecule has 0 unspecified atom stereocenters. The van der Waals surface area contributed by atoms with Crippen LogP contribution in [0.5, 0.6) is 5.75 Å². The highest BCUT2D eigenvalue weighted by atomic mass is 79.9. The molecule has 0 saturated heterocycles. The first-order valence-corrected chi connectivity index (χ1v) is 13.9. The van der Waals surface area contributed by atoms with E-state index in [1.807, 2.05) is 0 Å². The van der Waals surface area contributed by atoms with Gasteiger partial charge in [0.25, 0.3) is 0 Å². The zero-order chi connectivity index (χ0) is 24.6. The number of ether oxygens (including phenoxy) is 1. The first-order chi connectivity index (χ1) is 15.4. The number of halogens is 2. The summed E-state index contributed by atoms with van der Waals surface area (Å²) in [5, 5.41) is 9.66. The average molecular weight is 565 g/mol. The fourth-order valence-corrected chi connectivity index (χ4v) is 6.90. The van der Waals surface area contributed by atoms with Gasteiger partial charge in [-0.2, -0.15) is 8.61 Å². The molecule has 33 heavy (non-hydrogen) atoms. The van der Waals surface area contributed by atoms with Gasteiger partial charge in [-0.3, -0.25) is 0 Å². The van der Waals surface area contributed by atoms with Crippen LogP contribution in [0.4, 0.5) is 4.39 Å². The van der Waals surface area contributed by atoms with E-state index in [1.54, 1.807) is 19.9 Å². The highest BCUT2D eigenvalue weighted by Gasteiger charge is 2.39. The molecule has 182 valence electrons. The molecule has 0 bridgehead atoms. The Balaban J connectivity index is 2.00. The Bertz CT molecular complexity index is 1210. The lowest BCUT2D eigenvalue weighted by Crippen LogP contribution is -2.50. The Morgan fingerprint density at radius 1 is 1.27 bits per heavy atom. The number of rotatable bonds is 6. The molecule has 0 radical (unpaired) electrons. The van der Waals surface area contributed by atoms with Gasteiger partial charge >= 0.3 is 0 Å². The van der Waals surface area contributed by atoms with Crippen LogP contribution < -0.4 is 4.74 Å². The van der Waals surface area contributed by atoms with Crippen molar-refractivity contribution in [2.45, 2.75) is 35.8 Å². The molecule has 12 heteroatoms. The van der Waals surface area contributed by atoms with Gasteiger partial charge in [0.1, 0.15) is 22.6 Å². The standard InChI is InChI=1S/C21H26BrFN2O6S2/c1-14-11-25(15(2)13-26)33(29,30)21-9-4-16(22)10-19(21)31-20(14)12-24(3)32(27,28)18-7-5-17(23)6-8-18/h4-10,14-15,20,26H,11-13H2,1-3H3/t14-,15+,20+/m1/s1. The maximum absolute atomic E-state index is 13.3. The van der Waals surface area contributed by atoms with Gasteiger partial charge in [0, 0.05) is 30.0 Å². The second kappa shape index (κ2) is 9.96. The van der Waals surface area contributed by atoms with Crippen molar-refractivity contribution in [3.63, 3.8) is 0 Å². The van der Waals surface area contributed by atoms with Gasteiger partial charge in [0.15, 0.2) is 0 Å². The molecule has 0 amide bonds. The molecule has 8 nitrogen and oxygen atoms in total. The van der Waals surface area contributed by atoms with Crippen molar-refractivity contribution in [3.05, 3.63) is 52.8 Å². The van der Waals surface area contributed by atoms with E-state index < -0.39 is 43.9 Å². The van der Waals surface area contributed by atoms with Crippen molar-refractivity contribution in [2.24, 2.45) is 5.92 Å². The smallest absolute Gasteiger partial charge is 0.247 e. The molecular weight excluding hydrogens is 539 g/mol. The number of fused-ring (bicyclic) bond motifs is 1. The lowest BCUT2D eigenvalue weighted by molar-refractivity contribution is 0.0904. The minimum atomic E-state index is -3.97. The summed E-state index contributed by atoms with van der Waals surface area (Å²) in [6.07, 6.45) is -0.706. The van der Waals surface area contributed by atoms with E-state index in [4.69, 9.17) is 4.74 Å². The Morgan fingerprint density at radius 3 is 2.52 bits per heavy atom. The molecule has 0 spiro atoms. The third-order valence-electron chi connectivity index (χ3n) is 5.59. The van der Waals surface area contributed by atoms with E-state index in [9.17, 15) is 26.3 Å². The molecule has 1 aliphatic rings. The summed E-state index contributed by atoms with van der Waals surface area (Å²) in [4.78, 5) is -0.127. The fourth-order valence-electron chi connectivity index (χ4n) is 3.56. The summed E-state index contributed by atoms with van der Waals surface area (Å²) in [5.74, 6) is -0.884. The predicted molar refractivity (Wildman–Crippen MR) is 124 cm³/mol. The summed E-state index contributed by atoms with van der Waals surface area (Å²) in [7, 11) is -6.52. The average Bonchev–Trinajstić information content (AvgIpc) is 2.75. The van der Waals surface area contributed by atoms with E-state index in [1.165, 1.54) is 35.6 Å². The van der Waals surface area contributed by atoms with Crippen LogP contribution in [0.15, 0.2) is 56.7 Å². The predicted octanol–water partition coefficient (Wildman–Crippen LogP) is 2.68. The van der Waals surface area contributed by atoms with E-state index in [0.29, 0.717) is 4.47 Å². The number of benzene rings is 2. The Hall–Kier alpha value is -1.57. The third-order valence-corrected chi connectivity index (χ3v) is 9.94. The van der Waals surface area contributed by atoms with Gasteiger partial charge in [-0.25, -0.2) is 21.2 Å². The first-order valence-electron chi connectivity index (χ1n) is 10.2. The molecule has 1 heterocycles. The maximum Gasteiger partial charge on any atom is 0.247 e. The zero-order valence-electron chi connectivity index (χ0n) is 18.4. The minimum Gasteiger partial charge on any atom is -0.487 e. The number of sulfonamides is 2. The quantitative estimate of drug-likeness (QED) is 0.578. The molecule has 2 aromatic rings. The second-order valence-electron chi connectivity index (χ2n) is 8.07. The monoisotopic (exact) mass is 564 g/mol. The molecular formula is C21H26BrFN2O6S2. The summed E-state index contributed by atoms with van der Waals surface area (Å²) >= 11 is 3.32. The van der Waals surface area contributed by atoms with Crippen molar-refractivity contribution in [1.82, 2.24) is 8.61 Å². The molecule has 0 saturated carbocycles. The summed E-state index contributed by atoms with van der Waals surface area (Å²) < 4.78 is 74.9. The third kappa shape index (κ3) is 5.41. The topological polar surface area (TPSA) is 104 Å².